The molecule has 0 radical (unpaired) electrons. The van der Waals surface area contributed by atoms with Gasteiger partial charge in [0, 0.05) is 29.1 Å². The normalized spacial score (nSPS) is 13.3. The molecule has 2 amide bonds. The molecule has 3 aromatic carbocycles. The number of nitrogens with one attached hydrogen (secondary N) is 2. The van der Waals surface area contributed by atoms with Crippen LogP contribution in [0.1, 0.15) is 31.8 Å². The van der Waals surface area contributed by atoms with E-state index >= 15 is 0 Å². The molecule has 5 rings (SSSR count). The summed E-state index contributed by atoms with van der Waals surface area (Å²) in [6.45, 7) is 0.272. The Balaban J connectivity index is 1.46. The first-order valence-corrected chi connectivity index (χ1v) is 11.2. The molecule has 5 N–H and O–H groups in total. The summed E-state index contributed by atoms with van der Waals surface area (Å²) in [5, 5.41) is 14.0. The van der Waals surface area contributed by atoms with Crippen LogP contribution in [0.3, 0.4) is 0 Å². The average Bonchev–Trinajstić information content (AvgIpc) is 3.50. The number of hydrogen-bond donors (Lipinski definition) is 4. The van der Waals surface area contributed by atoms with Crippen molar-refractivity contribution < 1.29 is 19.4 Å². The van der Waals surface area contributed by atoms with Crippen LogP contribution in [0.15, 0.2) is 66.9 Å². The third kappa shape index (κ3) is 4.02. The van der Waals surface area contributed by atoms with Crippen molar-refractivity contribution in [3.8, 4) is 16.9 Å². The van der Waals surface area contributed by atoms with Crippen LogP contribution in [0.2, 0.25) is 0 Å². The van der Waals surface area contributed by atoms with Crippen LogP contribution in [-0.2, 0) is 12.8 Å². The molecule has 7 nitrogen and oxygen atoms in total. The second-order valence-electron chi connectivity index (χ2n) is 8.44. The van der Waals surface area contributed by atoms with Crippen molar-refractivity contribution in [2.24, 2.45) is 5.73 Å². The largest absolute Gasteiger partial charge is 0.492 e. The highest BCUT2D eigenvalue weighted by molar-refractivity contribution is 6.02. The Labute approximate surface area is 196 Å². The zero-order valence-corrected chi connectivity index (χ0v) is 18.5. The number of H-pyrrole nitrogens is 1. The lowest BCUT2D eigenvalue weighted by Gasteiger charge is -2.18. The molecule has 0 spiro atoms. The number of amides is 2. The third-order valence-electron chi connectivity index (χ3n) is 6.23. The number of fused-ring (bicyclic) bond motifs is 2. The van der Waals surface area contributed by atoms with E-state index in [9.17, 15) is 14.7 Å². The molecule has 1 atom stereocenters. The first-order valence-electron chi connectivity index (χ1n) is 11.2. The molecule has 7 heteroatoms. The van der Waals surface area contributed by atoms with Crippen LogP contribution >= 0.6 is 0 Å². The number of aliphatic hydroxyl groups is 1. The van der Waals surface area contributed by atoms with E-state index in [1.54, 1.807) is 18.2 Å². The average molecular weight is 456 g/mol. The zero-order chi connectivity index (χ0) is 23.7. The molecule has 34 heavy (non-hydrogen) atoms. The highest BCUT2D eigenvalue weighted by atomic mass is 16.5. The van der Waals surface area contributed by atoms with E-state index in [4.69, 9.17) is 10.5 Å². The maximum absolute atomic E-state index is 13.4. The molecule has 0 bridgehead atoms. The Morgan fingerprint density at radius 3 is 2.71 bits per heavy atom. The zero-order valence-electron chi connectivity index (χ0n) is 18.5. The van der Waals surface area contributed by atoms with E-state index in [1.165, 1.54) is 0 Å². The van der Waals surface area contributed by atoms with Gasteiger partial charge in [0.25, 0.3) is 5.91 Å². The summed E-state index contributed by atoms with van der Waals surface area (Å²) in [4.78, 5) is 28.6. The Kier molecular flexibility index (Phi) is 5.77. The number of aromatic amines is 1. The summed E-state index contributed by atoms with van der Waals surface area (Å²) in [6.07, 6.45) is 3.04. The fourth-order valence-electron chi connectivity index (χ4n) is 4.57. The van der Waals surface area contributed by atoms with Crippen LogP contribution in [0.5, 0.6) is 5.75 Å². The van der Waals surface area contributed by atoms with Crippen molar-refractivity contribution in [2.75, 3.05) is 13.2 Å². The molecule has 1 aliphatic rings. The minimum Gasteiger partial charge on any atom is -0.492 e. The fraction of sp³-hybridized carbons (Fsp3) is 0.185. The van der Waals surface area contributed by atoms with Crippen molar-refractivity contribution in [3.63, 3.8) is 0 Å². The molecule has 0 saturated carbocycles. The Bertz CT molecular complexity index is 1390. The molecule has 1 aromatic heterocycles. The molecular weight excluding hydrogens is 430 g/mol. The minimum absolute atomic E-state index is 0.210. The molecule has 0 aliphatic carbocycles. The van der Waals surface area contributed by atoms with E-state index in [0.717, 1.165) is 27.6 Å². The summed E-state index contributed by atoms with van der Waals surface area (Å²) in [5.41, 5.74) is 10.7. The lowest BCUT2D eigenvalue weighted by Crippen LogP contribution is -2.39. The van der Waals surface area contributed by atoms with E-state index < -0.39 is 11.9 Å². The monoisotopic (exact) mass is 455 g/mol. The van der Waals surface area contributed by atoms with Gasteiger partial charge in [-0.15, -0.1) is 0 Å². The van der Waals surface area contributed by atoms with Gasteiger partial charge in [-0.05, 0) is 52.9 Å². The maximum Gasteiger partial charge on any atom is 0.255 e. The van der Waals surface area contributed by atoms with Gasteiger partial charge in [-0.2, -0.15) is 0 Å². The van der Waals surface area contributed by atoms with Crippen LogP contribution < -0.4 is 15.8 Å². The van der Waals surface area contributed by atoms with Crippen molar-refractivity contribution in [1.29, 1.82) is 0 Å². The number of ether oxygens (including phenoxy) is 1. The number of aliphatic hydroxyl groups excluding tert-OH is 1. The van der Waals surface area contributed by atoms with Crippen molar-refractivity contribution in [2.45, 2.75) is 18.9 Å². The summed E-state index contributed by atoms with van der Waals surface area (Å²) < 4.78 is 5.78. The smallest absolute Gasteiger partial charge is 0.255 e. The summed E-state index contributed by atoms with van der Waals surface area (Å²) in [5.74, 6) is -0.325. The van der Waals surface area contributed by atoms with E-state index in [1.807, 2.05) is 48.7 Å². The summed E-state index contributed by atoms with van der Waals surface area (Å²) >= 11 is 0. The number of benzene rings is 3. The highest BCUT2D eigenvalue weighted by Crippen LogP contribution is 2.36. The molecule has 0 fully saturated rings. The van der Waals surface area contributed by atoms with Crippen molar-refractivity contribution >= 4 is 22.7 Å². The molecular formula is C27H25N3O4. The Morgan fingerprint density at radius 2 is 1.88 bits per heavy atom. The predicted molar refractivity (Wildman–Crippen MR) is 130 cm³/mol. The van der Waals surface area contributed by atoms with Gasteiger partial charge < -0.3 is 25.9 Å². The fourth-order valence-corrected chi connectivity index (χ4v) is 4.57. The van der Waals surface area contributed by atoms with Gasteiger partial charge in [-0.1, -0.05) is 36.4 Å². The first-order chi connectivity index (χ1) is 16.5. The number of aromatic nitrogens is 1. The number of nitrogens with two attached hydrogens (primary N) is 1. The van der Waals surface area contributed by atoms with Gasteiger partial charge in [0.15, 0.2) is 0 Å². The van der Waals surface area contributed by atoms with Crippen LogP contribution in [0.4, 0.5) is 0 Å². The van der Waals surface area contributed by atoms with Gasteiger partial charge in [0.1, 0.15) is 5.75 Å². The van der Waals surface area contributed by atoms with Gasteiger partial charge >= 0.3 is 0 Å². The summed E-state index contributed by atoms with van der Waals surface area (Å²) in [6, 6.07) is 18.2. The lowest BCUT2D eigenvalue weighted by molar-refractivity contribution is 0.0913. The Hall–Kier alpha value is -4.10. The minimum atomic E-state index is -0.530. The number of carbonyl (C=O) groups excluding carboxylic acids is 2. The van der Waals surface area contributed by atoms with Crippen LogP contribution in [-0.4, -0.2) is 41.2 Å². The van der Waals surface area contributed by atoms with Gasteiger partial charge in [0.05, 0.1) is 24.8 Å². The Morgan fingerprint density at radius 1 is 1.09 bits per heavy atom. The van der Waals surface area contributed by atoms with E-state index in [2.05, 4.69) is 10.3 Å². The van der Waals surface area contributed by atoms with E-state index in [0.29, 0.717) is 41.9 Å². The molecule has 2 heterocycles. The van der Waals surface area contributed by atoms with Gasteiger partial charge in [0.2, 0.25) is 5.91 Å². The number of primary amides is 1. The topological polar surface area (TPSA) is 117 Å². The maximum atomic E-state index is 13.4. The van der Waals surface area contributed by atoms with Crippen molar-refractivity contribution in [3.05, 3.63) is 89.1 Å². The highest BCUT2D eigenvalue weighted by Gasteiger charge is 2.25. The molecule has 4 aromatic rings. The number of rotatable bonds is 7. The number of para-hydroxylation sites is 1. The molecule has 0 unspecified atom stereocenters. The van der Waals surface area contributed by atoms with Crippen molar-refractivity contribution in [1.82, 2.24) is 10.3 Å². The quantitative estimate of drug-likeness (QED) is 0.342. The van der Waals surface area contributed by atoms with Gasteiger partial charge in [-0.25, -0.2) is 0 Å². The number of hydrogen-bond acceptors (Lipinski definition) is 4. The standard InChI is InChI=1S/C27H25N3O4/c28-26(32)22-7-2-1-5-20(22)17-11-16-9-10-34-25(16)23(13-17)27(33)30-19(15-31)12-18-14-29-24-8-4-3-6-21(18)24/h1-8,11,13-14,19,29,31H,9-10,12,15H2,(H2,28,32)(H,30,33)/t19-/m1/s1. The number of carbonyl (C=O) groups is 2. The second-order valence-corrected chi connectivity index (χ2v) is 8.44. The summed E-state index contributed by atoms with van der Waals surface area (Å²) in [7, 11) is 0. The lowest BCUT2D eigenvalue weighted by atomic mass is 9.94. The van der Waals surface area contributed by atoms with Crippen LogP contribution in [0, 0.1) is 0 Å². The first kappa shape index (κ1) is 21.7. The predicted octanol–water partition coefficient (Wildman–Crippen LogP) is 3.20. The SMILES string of the molecule is NC(=O)c1ccccc1-c1cc2c(c(C(=O)N[C@@H](CO)Cc3c[nH]c4ccccc34)c1)OCC2. The van der Waals surface area contributed by atoms with Crippen LogP contribution in [0.25, 0.3) is 22.0 Å². The molecule has 1 aliphatic heterocycles. The molecule has 172 valence electrons. The van der Waals surface area contributed by atoms with Gasteiger partial charge in [-0.3, -0.25) is 9.59 Å². The van der Waals surface area contributed by atoms with E-state index in [-0.39, 0.29) is 12.5 Å². The third-order valence-corrected chi connectivity index (χ3v) is 6.23. The molecule has 0 saturated heterocycles. The second kappa shape index (κ2) is 9.03.